The van der Waals surface area contributed by atoms with Crippen LogP contribution in [0.15, 0.2) is 103 Å². The molecule has 0 spiro atoms. The minimum atomic E-state index is -1.31. The van der Waals surface area contributed by atoms with Crippen LogP contribution < -0.4 is 35.5 Å². The standard InChI is InChI=1S/C58H76N4O14/c1-5-6-10-19-49(55(66)74-39-42-17-11-9-12-18-42)60-53(64)22-14-8-7-13-21-52(63)59-37-16-15-20-50(56(67)75-40-44-25-31-47(71-3)32-26-44)61-58(69)62-51(57(68)76-41-45-27-33-48(72-4)34-28-45)35-36-54(65)73-38-43-23-29-46(70-2)30-24-43/h9,11-12,17-18,23-34,49-51H,5-8,10,13-16,19-22,35-41H2,1-4H3,(H,59,63)(H,60,64)(H2,61,62,69)/t49?,50-,51-/m0/s1. The number of esters is 4. The number of ether oxygens (including phenoxy) is 7. The maximum absolute atomic E-state index is 13.6. The molecule has 3 atom stereocenters. The molecule has 4 N–H and O–H groups in total. The van der Waals surface area contributed by atoms with E-state index < -0.39 is 48.0 Å². The second kappa shape index (κ2) is 35.5. The summed E-state index contributed by atoms with van der Waals surface area (Å²) >= 11 is 0. The number of benzene rings is 4. The van der Waals surface area contributed by atoms with Gasteiger partial charge in [0.05, 0.1) is 21.3 Å². The normalized spacial score (nSPS) is 11.9. The molecule has 4 rings (SSSR count). The van der Waals surface area contributed by atoms with E-state index in [1.807, 2.05) is 30.3 Å². The lowest BCUT2D eigenvalue weighted by atomic mass is 10.1. The number of amides is 4. The summed E-state index contributed by atoms with van der Waals surface area (Å²) in [4.78, 5) is 92.0. The highest BCUT2D eigenvalue weighted by Gasteiger charge is 2.28. The van der Waals surface area contributed by atoms with Gasteiger partial charge in [0.2, 0.25) is 11.8 Å². The van der Waals surface area contributed by atoms with Crippen molar-refractivity contribution in [2.24, 2.45) is 0 Å². The van der Waals surface area contributed by atoms with Crippen molar-refractivity contribution >= 4 is 41.7 Å². The average Bonchev–Trinajstić information content (AvgIpc) is 3.44. The van der Waals surface area contributed by atoms with Crippen molar-refractivity contribution < 1.29 is 66.7 Å². The Hall–Kier alpha value is -7.63. The van der Waals surface area contributed by atoms with Gasteiger partial charge in [-0.25, -0.2) is 19.2 Å². The van der Waals surface area contributed by atoms with Crippen LogP contribution in [0, 0.1) is 0 Å². The first kappa shape index (κ1) is 60.9. The monoisotopic (exact) mass is 1050 g/mol. The number of carbonyl (C=O) groups excluding carboxylic acids is 7. The zero-order chi connectivity index (χ0) is 54.8. The topological polar surface area (TPSA) is 232 Å². The lowest BCUT2D eigenvalue weighted by Crippen LogP contribution is -2.51. The van der Waals surface area contributed by atoms with Crippen LogP contribution >= 0.6 is 0 Å². The molecule has 0 heterocycles. The largest absolute Gasteiger partial charge is 0.497 e. The Morgan fingerprint density at radius 3 is 1.28 bits per heavy atom. The molecule has 0 aliphatic carbocycles. The lowest BCUT2D eigenvalue weighted by Gasteiger charge is -2.21. The first-order valence-electron chi connectivity index (χ1n) is 26.1. The predicted octanol–water partition coefficient (Wildman–Crippen LogP) is 8.49. The van der Waals surface area contributed by atoms with Crippen LogP contribution in [0.5, 0.6) is 17.2 Å². The molecule has 0 aliphatic rings. The number of unbranched alkanes of at least 4 members (excludes halogenated alkanes) is 6. The van der Waals surface area contributed by atoms with Gasteiger partial charge in [-0.3, -0.25) is 14.4 Å². The summed E-state index contributed by atoms with van der Waals surface area (Å²) in [5, 5.41) is 11.0. The summed E-state index contributed by atoms with van der Waals surface area (Å²) in [7, 11) is 4.62. The number of methoxy groups -OCH3 is 3. The van der Waals surface area contributed by atoms with E-state index in [0.29, 0.717) is 73.4 Å². The molecule has 0 aromatic heterocycles. The lowest BCUT2D eigenvalue weighted by molar-refractivity contribution is -0.150. The van der Waals surface area contributed by atoms with Gasteiger partial charge >= 0.3 is 29.9 Å². The average molecular weight is 1050 g/mol. The number of carbonyl (C=O) groups is 7. The zero-order valence-electron chi connectivity index (χ0n) is 44.4. The van der Waals surface area contributed by atoms with Gasteiger partial charge in [-0.05, 0) is 104 Å². The molecular weight excluding hydrogens is 977 g/mol. The molecule has 4 aromatic rings. The quantitative estimate of drug-likeness (QED) is 0.0190. The Bertz CT molecular complexity index is 2370. The highest BCUT2D eigenvalue weighted by Crippen LogP contribution is 2.17. The third-order valence-electron chi connectivity index (χ3n) is 12.2. The fourth-order valence-electron chi connectivity index (χ4n) is 7.69. The highest BCUT2D eigenvalue weighted by atomic mass is 16.5. The Labute approximate surface area is 446 Å². The van der Waals surface area contributed by atoms with Crippen LogP contribution in [0.4, 0.5) is 4.79 Å². The molecule has 4 aromatic carbocycles. The third-order valence-corrected chi connectivity index (χ3v) is 12.2. The van der Waals surface area contributed by atoms with Gasteiger partial charge in [0.25, 0.3) is 0 Å². The minimum absolute atomic E-state index is 0.0180. The number of nitrogens with one attached hydrogen (secondary N) is 4. The van der Waals surface area contributed by atoms with Gasteiger partial charge < -0.3 is 54.4 Å². The van der Waals surface area contributed by atoms with E-state index in [9.17, 15) is 33.6 Å². The fraction of sp³-hybridized carbons (Fsp3) is 0.466. The Morgan fingerprint density at radius 1 is 0.408 bits per heavy atom. The number of urea groups is 1. The zero-order valence-corrected chi connectivity index (χ0v) is 44.4. The van der Waals surface area contributed by atoms with Crippen LogP contribution in [0.1, 0.15) is 125 Å². The van der Waals surface area contributed by atoms with Crippen LogP contribution in [0.25, 0.3) is 0 Å². The minimum Gasteiger partial charge on any atom is -0.497 e. The number of rotatable bonds is 36. The van der Waals surface area contributed by atoms with Gasteiger partial charge in [-0.15, -0.1) is 0 Å². The molecule has 76 heavy (non-hydrogen) atoms. The number of hydrogen-bond acceptors (Lipinski definition) is 14. The van der Waals surface area contributed by atoms with E-state index in [4.69, 9.17) is 33.2 Å². The molecule has 4 amide bonds. The fourth-order valence-corrected chi connectivity index (χ4v) is 7.69. The molecule has 0 aliphatic heterocycles. The maximum atomic E-state index is 13.6. The summed E-state index contributed by atoms with van der Waals surface area (Å²) in [5.41, 5.74) is 2.94. The first-order chi connectivity index (χ1) is 36.9. The predicted molar refractivity (Wildman–Crippen MR) is 284 cm³/mol. The highest BCUT2D eigenvalue weighted by molar-refractivity contribution is 5.87. The molecule has 0 bridgehead atoms. The molecule has 18 heteroatoms. The smallest absolute Gasteiger partial charge is 0.329 e. The van der Waals surface area contributed by atoms with Gasteiger partial charge in [0.1, 0.15) is 61.8 Å². The van der Waals surface area contributed by atoms with E-state index in [1.165, 1.54) is 7.11 Å². The molecular formula is C58H76N4O14. The van der Waals surface area contributed by atoms with Crippen LogP contribution in [-0.4, -0.2) is 87.7 Å². The van der Waals surface area contributed by atoms with E-state index in [1.54, 1.807) is 87.0 Å². The molecule has 18 nitrogen and oxygen atoms in total. The summed E-state index contributed by atoms with van der Waals surface area (Å²) in [6.07, 6.45) is 7.12. The number of hydrogen-bond donors (Lipinski definition) is 4. The van der Waals surface area contributed by atoms with Gasteiger partial charge in [0, 0.05) is 25.8 Å². The third kappa shape index (κ3) is 24.6. The summed E-state index contributed by atoms with van der Waals surface area (Å²) in [5.74, 6) is -1.04. The molecule has 412 valence electrons. The van der Waals surface area contributed by atoms with Crippen LogP contribution in [0.3, 0.4) is 0 Å². The van der Waals surface area contributed by atoms with Crippen molar-refractivity contribution in [2.45, 2.75) is 148 Å². The Morgan fingerprint density at radius 2 is 0.816 bits per heavy atom. The maximum Gasteiger partial charge on any atom is 0.329 e. The summed E-state index contributed by atoms with van der Waals surface area (Å²) in [6.45, 7) is 2.31. The first-order valence-corrected chi connectivity index (χ1v) is 26.1. The Kier molecular flexibility index (Phi) is 28.5. The van der Waals surface area contributed by atoms with Gasteiger partial charge in [-0.2, -0.15) is 0 Å². The van der Waals surface area contributed by atoms with Gasteiger partial charge in [-0.1, -0.05) is 106 Å². The van der Waals surface area contributed by atoms with E-state index in [0.717, 1.165) is 43.2 Å². The van der Waals surface area contributed by atoms with Crippen LogP contribution in [0.2, 0.25) is 0 Å². The van der Waals surface area contributed by atoms with Crippen molar-refractivity contribution in [2.75, 3.05) is 27.9 Å². The van der Waals surface area contributed by atoms with E-state index >= 15 is 0 Å². The van der Waals surface area contributed by atoms with Crippen molar-refractivity contribution in [1.29, 1.82) is 0 Å². The molecule has 0 saturated heterocycles. The van der Waals surface area contributed by atoms with E-state index in [-0.39, 0.29) is 63.9 Å². The summed E-state index contributed by atoms with van der Waals surface area (Å²) in [6, 6.07) is 26.2. The van der Waals surface area contributed by atoms with Crippen molar-refractivity contribution in [1.82, 2.24) is 21.3 Å². The Balaban J connectivity index is 1.25. The molecule has 0 saturated carbocycles. The van der Waals surface area contributed by atoms with E-state index in [2.05, 4.69) is 28.2 Å². The van der Waals surface area contributed by atoms with Crippen molar-refractivity contribution in [3.05, 3.63) is 125 Å². The second-order valence-corrected chi connectivity index (χ2v) is 18.2. The SMILES string of the molecule is CCCCCC(NC(=O)CCCCCCC(=O)NCCCC[C@H](NC(=O)N[C@@H](CCC(=O)OCc1ccc(OC)cc1)C(=O)OCc1ccc(OC)cc1)C(=O)OCc1ccc(OC)cc1)C(=O)OCc1ccccc1. The van der Waals surface area contributed by atoms with Crippen molar-refractivity contribution in [3.63, 3.8) is 0 Å². The van der Waals surface area contributed by atoms with Crippen molar-refractivity contribution in [3.8, 4) is 17.2 Å². The summed E-state index contributed by atoms with van der Waals surface area (Å²) < 4.78 is 37.7. The second-order valence-electron chi connectivity index (χ2n) is 18.2. The molecule has 1 unspecified atom stereocenters. The van der Waals surface area contributed by atoms with Crippen LogP contribution in [-0.2, 0) is 74.1 Å². The van der Waals surface area contributed by atoms with Gasteiger partial charge in [0.15, 0.2) is 0 Å². The molecule has 0 radical (unpaired) electrons. The molecule has 0 fully saturated rings.